The molecule has 0 fully saturated rings. The van der Waals surface area contributed by atoms with Crippen LogP contribution in [0.4, 0.5) is 8.78 Å². The van der Waals surface area contributed by atoms with Crippen molar-refractivity contribution in [3.63, 3.8) is 0 Å². The van der Waals surface area contributed by atoms with E-state index in [2.05, 4.69) is 15.3 Å². The molecule has 0 saturated heterocycles. The van der Waals surface area contributed by atoms with Crippen molar-refractivity contribution in [1.29, 1.82) is 0 Å². The lowest BCUT2D eigenvalue weighted by atomic mass is 10.1. The second-order valence-corrected chi connectivity index (χ2v) is 3.48. The molecule has 1 aromatic heterocycles. The van der Waals surface area contributed by atoms with Crippen LogP contribution in [0.15, 0.2) is 12.4 Å². The third kappa shape index (κ3) is 5.18. The van der Waals surface area contributed by atoms with Crippen LogP contribution in [0.2, 0.25) is 0 Å². The van der Waals surface area contributed by atoms with Gasteiger partial charge in [-0.2, -0.15) is 0 Å². The first-order chi connectivity index (χ1) is 7.72. The van der Waals surface area contributed by atoms with Crippen molar-refractivity contribution in [1.82, 2.24) is 15.3 Å². The number of hydrogen-bond acceptors (Lipinski definition) is 3. The summed E-state index contributed by atoms with van der Waals surface area (Å²) in [7, 11) is 1.83. The molecule has 16 heavy (non-hydrogen) atoms. The van der Waals surface area contributed by atoms with Crippen LogP contribution in [0, 0.1) is 0 Å². The summed E-state index contributed by atoms with van der Waals surface area (Å²) >= 11 is 0. The van der Waals surface area contributed by atoms with Gasteiger partial charge in [0, 0.05) is 31.5 Å². The van der Waals surface area contributed by atoms with Gasteiger partial charge in [-0.1, -0.05) is 0 Å². The minimum Gasteiger partial charge on any atom is -0.375 e. The lowest BCUT2D eigenvalue weighted by Gasteiger charge is -2.14. The van der Waals surface area contributed by atoms with Crippen LogP contribution in [0.1, 0.15) is 12.2 Å². The fourth-order valence-electron chi connectivity index (χ4n) is 1.39. The Balaban J connectivity index is 2.17. The second kappa shape index (κ2) is 7.29. The van der Waals surface area contributed by atoms with E-state index in [1.807, 2.05) is 7.05 Å². The van der Waals surface area contributed by atoms with Crippen molar-refractivity contribution in [3.05, 3.63) is 18.2 Å². The maximum absolute atomic E-state index is 11.8. The fraction of sp³-hybridized carbons (Fsp3) is 0.700. The van der Waals surface area contributed by atoms with Crippen molar-refractivity contribution in [3.8, 4) is 0 Å². The quantitative estimate of drug-likeness (QED) is 0.664. The highest BCUT2D eigenvalue weighted by atomic mass is 19.3. The van der Waals surface area contributed by atoms with Crippen LogP contribution in [0.25, 0.3) is 0 Å². The average molecular weight is 233 g/mol. The molecule has 0 aromatic carbocycles. The van der Waals surface area contributed by atoms with Gasteiger partial charge in [0.25, 0.3) is 6.43 Å². The summed E-state index contributed by atoms with van der Waals surface area (Å²) in [6.07, 6.45) is 2.48. The Kier molecular flexibility index (Phi) is 5.95. The minimum atomic E-state index is -2.39. The van der Waals surface area contributed by atoms with Gasteiger partial charge < -0.3 is 15.0 Å². The predicted octanol–water partition coefficient (Wildman–Crippen LogP) is 1.21. The molecule has 0 saturated carbocycles. The SMILES string of the molecule is CNC(CCOCC(F)F)Cc1ncc[nH]1. The molecule has 0 radical (unpaired) electrons. The van der Waals surface area contributed by atoms with Gasteiger partial charge in [-0.3, -0.25) is 0 Å². The van der Waals surface area contributed by atoms with E-state index in [0.29, 0.717) is 13.0 Å². The summed E-state index contributed by atoms with van der Waals surface area (Å²) in [5.74, 6) is 0.883. The van der Waals surface area contributed by atoms with E-state index in [4.69, 9.17) is 4.74 Å². The zero-order chi connectivity index (χ0) is 11.8. The molecule has 1 unspecified atom stereocenters. The summed E-state index contributed by atoms with van der Waals surface area (Å²) < 4.78 is 28.4. The standard InChI is InChI=1S/C10H17F2N3O/c1-13-8(2-5-16-7-9(11)12)6-10-14-3-4-15-10/h3-4,8-9,13H,2,5-7H2,1H3,(H,14,15). The van der Waals surface area contributed by atoms with Gasteiger partial charge in [-0.15, -0.1) is 0 Å². The first-order valence-electron chi connectivity index (χ1n) is 5.23. The second-order valence-electron chi connectivity index (χ2n) is 3.48. The van der Waals surface area contributed by atoms with Gasteiger partial charge in [0.1, 0.15) is 12.4 Å². The first kappa shape index (κ1) is 13.1. The molecular formula is C10H17F2N3O. The van der Waals surface area contributed by atoms with Crippen LogP contribution in [0.3, 0.4) is 0 Å². The maximum Gasteiger partial charge on any atom is 0.261 e. The Bertz CT molecular complexity index is 267. The third-order valence-corrected chi connectivity index (χ3v) is 2.26. The van der Waals surface area contributed by atoms with Crippen LogP contribution in [0.5, 0.6) is 0 Å². The molecule has 1 atom stereocenters. The zero-order valence-corrected chi connectivity index (χ0v) is 9.25. The smallest absolute Gasteiger partial charge is 0.261 e. The number of H-pyrrole nitrogens is 1. The Morgan fingerprint density at radius 2 is 2.38 bits per heavy atom. The Morgan fingerprint density at radius 3 is 2.94 bits per heavy atom. The molecule has 92 valence electrons. The molecule has 1 rings (SSSR count). The van der Waals surface area contributed by atoms with Gasteiger partial charge >= 0.3 is 0 Å². The minimum absolute atomic E-state index is 0.184. The monoisotopic (exact) mass is 233 g/mol. The Labute approximate surface area is 93.4 Å². The number of imidazole rings is 1. The summed E-state index contributed by atoms with van der Waals surface area (Å²) in [5, 5.41) is 3.10. The Morgan fingerprint density at radius 1 is 1.56 bits per heavy atom. The van der Waals surface area contributed by atoms with Gasteiger partial charge in [0.2, 0.25) is 0 Å². The molecule has 0 aliphatic heterocycles. The normalized spacial score (nSPS) is 13.2. The topological polar surface area (TPSA) is 49.9 Å². The predicted molar refractivity (Wildman–Crippen MR) is 56.6 cm³/mol. The molecule has 2 N–H and O–H groups in total. The first-order valence-corrected chi connectivity index (χ1v) is 5.23. The molecule has 4 nitrogen and oxygen atoms in total. The molecule has 0 aliphatic carbocycles. The summed E-state index contributed by atoms with van der Waals surface area (Å²) in [4.78, 5) is 7.10. The zero-order valence-electron chi connectivity index (χ0n) is 9.25. The van der Waals surface area contributed by atoms with E-state index in [9.17, 15) is 8.78 Å². The van der Waals surface area contributed by atoms with Crippen LogP contribution < -0.4 is 5.32 Å². The highest BCUT2D eigenvalue weighted by Gasteiger charge is 2.09. The van der Waals surface area contributed by atoms with Crippen molar-refractivity contribution in [2.75, 3.05) is 20.3 Å². The third-order valence-electron chi connectivity index (χ3n) is 2.26. The lowest BCUT2D eigenvalue weighted by molar-refractivity contribution is 0.0145. The number of aromatic nitrogens is 2. The number of halogens is 2. The summed E-state index contributed by atoms with van der Waals surface area (Å²) in [6.45, 7) is -0.159. The number of aromatic amines is 1. The number of ether oxygens (including phenoxy) is 1. The summed E-state index contributed by atoms with van der Waals surface area (Å²) in [6, 6.07) is 0.184. The number of alkyl halides is 2. The number of nitrogens with zero attached hydrogens (tertiary/aromatic N) is 1. The van der Waals surface area contributed by atoms with E-state index >= 15 is 0 Å². The van der Waals surface area contributed by atoms with Crippen molar-refractivity contribution >= 4 is 0 Å². The molecular weight excluding hydrogens is 216 g/mol. The van der Waals surface area contributed by atoms with Crippen molar-refractivity contribution in [2.24, 2.45) is 0 Å². The molecule has 1 aromatic rings. The lowest BCUT2D eigenvalue weighted by Crippen LogP contribution is -2.29. The van der Waals surface area contributed by atoms with E-state index in [1.165, 1.54) is 0 Å². The van der Waals surface area contributed by atoms with E-state index in [0.717, 1.165) is 12.2 Å². The largest absolute Gasteiger partial charge is 0.375 e. The van der Waals surface area contributed by atoms with Crippen LogP contribution in [-0.2, 0) is 11.2 Å². The maximum atomic E-state index is 11.8. The Hall–Kier alpha value is -1.01. The van der Waals surface area contributed by atoms with Crippen molar-refractivity contribution in [2.45, 2.75) is 25.3 Å². The molecule has 6 heteroatoms. The number of hydrogen-bond donors (Lipinski definition) is 2. The summed E-state index contributed by atoms with van der Waals surface area (Å²) in [5.41, 5.74) is 0. The van der Waals surface area contributed by atoms with E-state index in [-0.39, 0.29) is 6.04 Å². The fourth-order valence-corrected chi connectivity index (χ4v) is 1.39. The van der Waals surface area contributed by atoms with Gasteiger partial charge in [-0.05, 0) is 13.5 Å². The highest BCUT2D eigenvalue weighted by Crippen LogP contribution is 2.02. The molecule has 0 spiro atoms. The molecule has 0 bridgehead atoms. The average Bonchev–Trinajstić information content (AvgIpc) is 2.75. The van der Waals surface area contributed by atoms with Crippen LogP contribution >= 0.6 is 0 Å². The molecule has 0 amide bonds. The van der Waals surface area contributed by atoms with Gasteiger partial charge in [0.05, 0.1) is 0 Å². The van der Waals surface area contributed by atoms with E-state index < -0.39 is 13.0 Å². The number of rotatable bonds is 8. The van der Waals surface area contributed by atoms with Crippen LogP contribution in [-0.4, -0.2) is 42.7 Å². The number of nitrogens with one attached hydrogen (secondary N) is 2. The van der Waals surface area contributed by atoms with E-state index in [1.54, 1.807) is 12.4 Å². The van der Waals surface area contributed by atoms with Crippen molar-refractivity contribution < 1.29 is 13.5 Å². The highest BCUT2D eigenvalue weighted by molar-refractivity contribution is 4.90. The molecule has 0 aliphatic rings. The number of likely N-dealkylation sites (N-methyl/N-ethyl adjacent to an activating group) is 1. The van der Waals surface area contributed by atoms with Gasteiger partial charge in [0.15, 0.2) is 0 Å². The molecule has 1 heterocycles. The van der Waals surface area contributed by atoms with Gasteiger partial charge in [-0.25, -0.2) is 13.8 Å².